The number of benzene rings is 1. The van der Waals surface area contributed by atoms with Crippen molar-refractivity contribution in [1.82, 2.24) is 25.1 Å². The van der Waals surface area contributed by atoms with Gasteiger partial charge >= 0.3 is 6.18 Å². The number of carbonyl (C=O) groups excluding carboxylic acids is 1. The Hall–Kier alpha value is -2.88. The molecule has 2 aromatic heterocycles. The lowest BCUT2D eigenvalue weighted by Crippen LogP contribution is -2.41. The van der Waals surface area contributed by atoms with Gasteiger partial charge in [-0.2, -0.15) is 17.7 Å². The van der Waals surface area contributed by atoms with Crippen LogP contribution in [-0.4, -0.2) is 45.4 Å². The number of aromatic nitrogens is 4. The zero-order valence-corrected chi connectivity index (χ0v) is 17.2. The molecule has 0 bridgehead atoms. The van der Waals surface area contributed by atoms with Crippen LogP contribution in [0.3, 0.4) is 0 Å². The van der Waals surface area contributed by atoms with Gasteiger partial charge in [0, 0.05) is 30.6 Å². The van der Waals surface area contributed by atoms with E-state index in [1.165, 1.54) is 6.07 Å². The van der Waals surface area contributed by atoms with Crippen LogP contribution in [0.5, 0.6) is 0 Å². The van der Waals surface area contributed by atoms with Gasteiger partial charge in [-0.25, -0.2) is 0 Å². The van der Waals surface area contributed by atoms with E-state index in [1.807, 2.05) is 23.1 Å². The van der Waals surface area contributed by atoms with Gasteiger partial charge in [-0.3, -0.25) is 4.79 Å². The Balaban J connectivity index is 1.32. The highest BCUT2D eigenvalue weighted by Gasteiger charge is 2.38. The molecule has 1 aliphatic rings. The maximum Gasteiger partial charge on any atom is 0.453 e. The number of alkyl halides is 3. The van der Waals surface area contributed by atoms with Gasteiger partial charge in [-0.1, -0.05) is 23.7 Å². The Labute approximate surface area is 181 Å². The molecule has 0 saturated carbocycles. The van der Waals surface area contributed by atoms with Crippen molar-refractivity contribution in [3.63, 3.8) is 0 Å². The fourth-order valence-electron chi connectivity index (χ4n) is 3.66. The normalized spacial score (nSPS) is 15.4. The minimum atomic E-state index is -4.64. The molecule has 11 heteroatoms. The summed E-state index contributed by atoms with van der Waals surface area (Å²) in [5.74, 6) is -0.904. The number of nitrogens with zero attached hydrogens (tertiary/aromatic N) is 5. The summed E-state index contributed by atoms with van der Waals surface area (Å²) in [7, 11) is 0. The lowest BCUT2D eigenvalue weighted by molar-refractivity contribution is -0.146. The van der Waals surface area contributed by atoms with Crippen LogP contribution in [0.15, 0.2) is 36.4 Å². The Kier molecular flexibility index (Phi) is 5.99. The van der Waals surface area contributed by atoms with Crippen LogP contribution in [0, 0.1) is 5.92 Å². The minimum absolute atomic E-state index is 0.0109. The highest BCUT2D eigenvalue weighted by Crippen LogP contribution is 2.28. The number of amides is 1. The first-order valence-electron chi connectivity index (χ1n) is 9.88. The lowest BCUT2D eigenvalue weighted by Gasteiger charge is -2.32. The van der Waals surface area contributed by atoms with Gasteiger partial charge in [0.05, 0.1) is 0 Å². The predicted molar refractivity (Wildman–Crippen MR) is 109 cm³/mol. The fraction of sp³-hybridized carbons (Fsp3) is 0.400. The fourth-order valence-corrected chi connectivity index (χ4v) is 3.88. The molecule has 1 aliphatic heterocycles. The van der Waals surface area contributed by atoms with Crippen molar-refractivity contribution in [2.24, 2.45) is 5.92 Å². The molecule has 0 aliphatic carbocycles. The van der Waals surface area contributed by atoms with E-state index in [0.717, 1.165) is 5.56 Å². The van der Waals surface area contributed by atoms with Crippen molar-refractivity contribution < 1.29 is 18.0 Å². The number of halogens is 4. The maximum absolute atomic E-state index is 13.1. The van der Waals surface area contributed by atoms with E-state index >= 15 is 0 Å². The molecule has 0 radical (unpaired) electrons. The van der Waals surface area contributed by atoms with Crippen molar-refractivity contribution in [3.8, 4) is 0 Å². The van der Waals surface area contributed by atoms with Gasteiger partial charge in [-0.05, 0) is 49.1 Å². The van der Waals surface area contributed by atoms with E-state index in [9.17, 15) is 18.0 Å². The molecule has 31 heavy (non-hydrogen) atoms. The van der Waals surface area contributed by atoms with Crippen LogP contribution >= 0.6 is 11.6 Å². The molecule has 1 aromatic carbocycles. The number of fused-ring (bicyclic) bond motifs is 1. The lowest BCUT2D eigenvalue weighted by atomic mass is 9.96. The van der Waals surface area contributed by atoms with Crippen LogP contribution in [0.25, 0.3) is 5.65 Å². The van der Waals surface area contributed by atoms with E-state index in [2.05, 4.69) is 20.6 Å². The number of hydrogen-bond donors (Lipinski definition) is 1. The number of carbonyl (C=O) groups is 1. The molecule has 164 valence electrons. The van der Waals surface area contributed by atoms with E-state index < -0.39 is 12.0 Å². The molecular weight excluding hydrogens is 433 g/mol. The standard InChI is InChI=1S/C20H20ClF3N6O/c21-15-3-1-2-13(12-15)6-9-25-18(31)14-7-10-29(11-8-14)17-5-4-16-26-27-19(20(22,23)24)30(16)28-17/h1-5,12,14H,6-11H2,(H,25,31). The van der Waals surface area contributed by atoms with Gasteiger partial charge in [0.25, 0.3) is 5.82 Å². The summed E-state index contributed by atoms with van der Waals surface area (Å²) in [6.45, 7) is 1.56. The third-order valence-corrected chi connectivity index (χ3v) is 5.53. The van der Waals surface area contributed by atoms with Crippen molar-refractivity contribution in [2.45, 2.75) is 25.4 Å². The molecule has 0 spiro atoms. The Morgan fingerprint density at radius 1 is 1.16 bits per heavy atom. The summed E-state index contributed by atoms with van der Waals surface area (Å²) in [6, 6.07) is 10.6. The average molecular weight is 453 g/mol. The van der Waals surface area contributed by atoms with Crippen molar-refractivity contribution in [1.29, 1.82) is 0 Å². The van der Waals surface area contributed by atoms with Crippen LogP contribution < -0.4 is 10.2 Å². The van der Waals surface area contributed by atoms with E-state index in [-0.39, 0.29) is 17.5 Å². The first-order valence-corrected chi connectivity index (χ1v) is 10.3. The summed E-state index contributed by atoms with van der Waals surface area (Å²) < 4.78 is 39.9. The van der Waals surface area contributed by atoms with Gasteiger partial charge in [0.15, 0.2) is 5.65 Å². The quantitative estimate of drug-likeness (QED) is 0.642. The predicted octanol–water partition coefficient (Wildman–Crippen LogP) is 3.37. The minimum Gasteiger partial charge on any atom is -0.356 e. The second-order valence-corrected chi connectivity index (χ2v) is 7.85. The largest absolute Gasteiger partial charge is 0.453 e. The molecule has 0 atom stereocenters. The van der Waals surface area contributed by atoms with Crippen molar-refractivity contribution in [3.05, 3.63) is 52.8 Å². The topological polar surface area (TPSA) is 75.4 Å². The van der Waals surface area contributed by atoms with Crippen molar-refractivity contribution in [2.75, 3.05) is 24.5 Å². The first-order chi connectivity index (χ1) is 14.8. The van der Waals surface area contributed by atoms with Gasteiger partial charge in [0.1, 0.15) is 5.82 Å². The zero-order chi connectivity index (χ0) is 22.0. The number of piperidine rings is 1. The second-order valence-electron chi connectivity index (χ2n) is 7.42. The van der Waals surface area contributed by atoms with Crippen LogP contribution in [0.4, 0.5) is 19.0 Å². The third kappa shape index (κ3) is 4.90. The first kappa shape index (κ1) is 21.4. The Morgan fingerprint density at radius 2 is 1.94 bits per heavy atom. The number of nitrogens with one attached hydrogen (secondary N) is 1. The summed E-state index contributed by atoms with van der Waals surface area (Å²) >= 11 is 5.97. The SMILES string of the molecule is O=C(NCCc1cccc(Cl)c1)C1CCN(c2ccc3nnc(C(F)(F)F)n3n2)CC1. The summed E-state index contributed by atoms with van der Waals surface area (Å²) in [5, 5.41) is 14.4. The smallest absolute Gasteiger partial charge is 0.356 e. The highest BCUT2D eigenvalue weighted by atomic mass is 35.5. The number of anilines is 1. The monoisotopic (exact) mass is 452 g/mol. The third-order valence-electron chi connectivity index (χ3n) is 5.29. The molecular formula is C20H20ClF3N6O. The molecule has 1 saturated heterocycles. The van der Waals surface area contributed by atoms with E-state index in [1.54, 1.807) is 12.1 Å². The Bertz CT molecular complexity index is 1080. The van der Waals surface area contributed by atoms with Crippen LogP contribution in [-0.2, 0) is 17.4 Å². The van der Waals surface area contributed by atoms with Crippen molar-refractivity contribution >= 4 is 29.0 Å². The van der Waals surface area contributed by atoms with E-state index in [0.29, 0.717) is 54.3 Å². The number of hydrogen-bond acceptors (Lipinski definition) is 5. The van der Waals surface area contributed by atoms with Crippen LogP contribution in [0.1, 0.15) is 24.2 Å². The number of rotatable bonds is 5. The van der Waals surface area contributed by atoms with Gasteiger partial charge < -0.3 is 10.2 Å². The molecule has 3 heterocycles. The summed E-state index contributed by atoms with van der Waals surface area (Å²) in [6.07, 6.45) is -2.76. The molecule has 0 unspecified atom stereocenters. The average Bonchev–Trinajstić information content (AvgIpc) is 3.18. The molecule has 1 N–H and O–H groups in total. The molecule has 7 nitrogen and oxygen atoms in total. The molecule has 1 amide bonds. The van der Waals surface area contributed by atoms with Crippen LogP contribution in [0.2, 0.25) is 5.02 Å². The van der Waals surface area contributed by atoms with Gasteiger partial charge in [-0.15, -0.1) is 15.3 Å². The second kappa shape index (κ2) is 8.70. The molecule has 1 fully saturated rings. The summed E-state index contributed by atoms with van der Waals surface area (Å²) in [4.78, 5) is 14.3. The van der Waals surface area contributed by atoms with Gasteiger partial charge in [0.2, 0.25) is 5.91 Å². The zero-order valence-electron chi connectivity index (χ0n) is 16.4. The summed E-state index contributed by atoms with van der Waals surface area (Å²) in [5.41, 5.74) is 1.08. The highest BCUT2D eigenvalue weighted by molar-refractivity contribution is 6.30. The maximum atomic E-state index is 13.1. The van der Waals surface area contributed by atoms with E-state index in [4.69, 9.17) is 11.6 Å². The molecule has 3 aromatic rings. The Morgan fingerprint density at radius 3 is 2.65 bits per heavy atom. The molecule has 4 rings (SSSR count).